The zero-order valence-corrected chi connectivity index (χ0v) is 8.01. The van der Waals surface area contributed by atoms with Crippen molar-refractivity contribution in [2.45, 2.75) is 6.54 Å². The van der Waals surface area contributed by atoms with Crippen molar-refractivity contribution in [2.75, 3.05) is 5.32 Å². The van der Waals surface area contributed by atoms with Gasteiger partial charge < -0.3 is 9.88 Å². The van der Waals surface area contributed by atoms with E-state index in [4.69, 9.17) is 0 Å². The summed E-state index contributed by atoms with van der Waals surface area (Å²) in [4.78, 5) is 8.13. The van der Waals surface area contributed by atoms with Crippen LogP contribution in [0.25, 0.3) is 0 Å². The molecule has 0 saturated carbocycles. The van der Waals surface area contributed by atoms with Gasteiger partial charge in [0.05, 0.1) is 0 Å². The molecule has 0 fully saturated rings. The van der Waals surface area contributed by atoms with Gasteiger partial charge in [-0.1, -0.05) is 0 Å². The van der Waals surface area contributed by atoms with Gasteiger partial charge in [0.2, 0.25) is 5.95 Å². The molecule has 0 aliphatic carbocycles. The molecule has 2 aromatic heterocycles. The Hall–Kier alpha value is -1.84. The third kappa shape index (κ3) is 1.90. The molecule has 0 saturated heterocycles. The Morgan fingerprint density at radius 3 is 2.71 bits per heavy atom. The van der Waals surface area contributed by atoms with Crippen molar-refractivity contribution in [3.8, 4) is 0 Å². The topological polar surface area (TPSA) is 42.7 Å². The van der Waals surface area contributed by atoms with Crippen molar-refractivity contribution in [3.63, 3.8) is 0 Å². The molecule has 0 spiro atoms. The number of hydrogen-bond acceptors (Lipinski definition) is 3. The van der Waals surface area contributed by atoms with Crippen LogP contribution >= 0.6 is 0 Å². The van der Waals surface area contributed by atoms with Gasteiger partial charge in [-0.2, -0.15) is 0 Å². The first kappa shape index (κ1) is 8.74. The van der Waals surface area contributed by atoms with Gasteiger partial charge in [-0.3, -0.25) is 4.98 Å². The fraction of sp³-hybridized carbons (Fsp3) is 0.200. The molecule has 2 aromatic rings. The molecule has 2 rings (SSSR count). The second kappa shape index (κ2) is 3.91. The van der Waals surface area contributed by atoms with E-state index in [1.54, 1.807) is 18.6 Å². The molecule has 0 aliphatic rings. The van der Waals surface area contributed by atoms with E-state index in [0.717, 1.165) is 12.5 Å². The lowest BCUT2D eigenvalue weighted by Crippen LogP contribution is -2.04. The Bertz CT molecular complexity index is 394. The molecule has 4 heteroatoms. The Morgan fingerprint density at radius 1 is 1.29 bits per heavy atom. The monoisotopic (exact) mass is 188 g/mol. The minimum Gasteiger partial charge on any atom is -0.352 e. The Morgan fingerprint density at radius 2 is 2.07 bits per heavy atom. The van der Waals surface area contributed by atoms with Crippen molar-refractivity contribution < 1.29 is 0 Å². The number of imidazole rings is 1. The molecule has 0 radical (unpaired) electrons. The summed E-state index contributed by atoms with van der Waals surface area (Å²) in [6, 6.07) is 3.96. The summed E-state index contributed by atoms with van der Waals surface area (Å²) in [6.45, 7) is 0.771. The second-order valence-corrected chi connectivity index (χ2v) is 3.07. The average molecular weight is 188 g/mol. The number of aryl methyl sites for hydroxylation is 1. The van der Waals surface area contributed by atoms with Crippen molar-refractivity contribution >= 4 is 5.95 Å². The molecule has 0 atom stereocenters. The van der Waals surface area contributed by atoms with Gasteiger partial charge in [0.1, 0.15) is 0 Å². The summed E-state index contributed by atoms with van der Waals surface area (Å²) in [5.41, 5.74) is 1.20. The molecule has 0 bridgehead atoms. The molecule has 2 heterocycles. The molecule has 0 amide bonds. The van der Waals surface area contributed by atoms with Crippen LogP contribution in [0.5, 0.6) is 0 Å². The average Bonchev–Trinajstić information content (AvgIpc) is 2.63. The number of anilines is 1. The predicted octanol–water partition coefficient (Wildman–Crippen LogP) is 1.43. The van der Waals surface area contributed by atoms with Gasteiger partial charge in [0.25, 0.3) is 0 Å². The zero-order chi connectivity index (χ0) is 9.80. The van der Waals surface area contributed by atoms with Crippen LogP contribution in [0.1, 0.15) is 5.56 Å². The maximum atomic E-state index is 4.17. The first-order valence-corrected chi connectivity index (χ1v) is 4.46. The third-order valence-corrected chi connectivity index (χ3v) is 2.02. The third-order valence-electron chi connectivity index (χ3n) is 2.02. The van der Waals surface area contributed by atoms with Crippen molar-refractivity contribution in [1.82, 2.24) is 14.5 Å². The lowest BCUT2D eigenvalue weighted by molar-refractivity contribution is 0.899. The van der Waals surface area contributed by atoms with E-state index in [2.05, 4.69) is 15.3 Å². The summed E-state index contributed by atoms with van der Waals surface area (Å²) in [5, 5.41) is 3.23. The van der Waals surface area contributed by atoms with Gasteiger partial charge in [-0.15, -0.1) is 0 Å². The van der Waals surface area contributed by atoms with Crippen LogP contribution in [0.2, 0.25) is 0 Å². The highest BCUT2D eigenvalue weighted by Crippen LogP contribution is 2.04. The first-order valence-electron chi connectivity index (χ1n) is 4.46. The van der Waals surface area contributed by atoms with Crippen molar-refractivity contribution in [2.24, 2.45) is 7.05 Å². The molecule has 4 nitrogen and oxygen atoms in total. The standard InChI is InChI=1S/C10H12N4/c1-14-7-6-12-10(14)13-8-9-2-4-11-5-3-9/h2-7H,8H2,1H3,(H,12,13). The number of aromatic nitrogens is 3. The summed E-state index contributed by atoms with van der Waals surface area (Å²) >= 11 is 0. The minimum absolute atomic E-state index is 0.771. The van der Waals surface area contributed by atoms with Crippen LogP contribution in [0, 0.1) is 0 Å². The first-order chi connectivity index (χ1) is 6.86. The molecule has 0 unspecified atom stereocenters. The fourth-order valence-electron chi connectivity index (χ4n) is 1.22. The van der Waals surface area contributed by atoms with Gasteiger partial charge in [0.15, 0.2) is 0 Å². The maximum absolute atomic E-state index is 4.17. The number of hydrogen-bond donors (Lipinski definition) is 1. The lowest BCUT2D eigenvalue weighted by Gasteiger charge is -2.05. The quantitative estimate of drug-likeness (QED) is 0.792. The lowest BCUT2D eigenvalue weighted by atomic mass is 10.3. The summed E-state index contributed by atoms with van der Waals surface area (Å²) in [6.07, 6.45) is 7.26. The van der Waals surface area contributed by atoms with E-state index >= 15 is 0 Å². The number of rotatable bonds is 3. The van der Waals surface area contributed by atoms with Crippen molar-refractivity contribution in [1.29, 1.82) is 0 Å². The van der Waals surface area contributed by atoms with E-state index in [1.807, 2.05) is 29.9 Å². The second-order valence-electron chi connectivity index (χ2n) is 3.07. The van der Waals surface area contributed by atoms with Crippen LogP contribution in [0.3, 0.4) is 0 Å². The summed E-state index contributed by atoms with van der Waals surface area (Å²) < 4.78 is 1.95. The molecular formula is C10H12N4. The van der Waals surface area contributed by atoms with Crippen molar-refractivity contribution in [3.05, 3.63) is 42.5 Å². The largest absolute Gasteiger partial charge is 0.352 e. The Balaban J connectivity index is 1.99. The Kier molecular flexibility index (Phi) is 2.44. The van der Waals surface area contributed by atoms with Crippen LogP contribution in [0.4, 0.5) is 5.95 Å². The van der Waals surface area contributed by atoms with E-state index in [9.17, 15) is 0 Å². The fourth-order valence-corrected chi connectivity index (χ4v) is 1.22. The number of pyridine rings is 1. The van der Waals surface area contributed by atoms with E-state index in [1.165, 1.54) is 5.56 Å². The highest BCUT2D eigenvalue weighted by Gasteiger charge is 1.97. The highest BCUT2D eigenvalue weighted by molar-refractivity contribution is 5.27. The predicted molar refractivity (Wildman–Crippen MR) is 54.8 cm³/mol. The van der Waals surface area contributed by atoms with E-state index in [-0.39, 0.29) is 0 Å². The van der Waals surface area contributed by atoms with Crippen LogP contribution < -0.4 is 5.32 Å². The van der Waals surface area contributed by atoms with Crippen LogP contribution in [-0.4, -0.2) is 14.5 Å². The van der Waals surface area contributed by atoms with Gasteiger partial charge >= 0.3 is 0 Å². The minimum atomic E-state index is 0.771. The number of nitrogens with one attached hydrogen (secondary N) is 1. The summed E-state index contributed by atoms with van der Waals surface area (Å²) in [7, 11) is 1.96. The van der Waals surface area contributed by atoms with Gasteiger partial charge in [-0.25, -0.2) is 4.98 Å². The molecule has 0 aromatic carbocycles. The smallest absolute Gasteiger partial charge is 0.202 e. The van der Waals surface area contributed by atoms with E-state index < -0.39 is 0 Å². The highest BCUT2D eigenvalue weighted by atomic mass is 15.2. The molecule has 0 aliphatic heterocycles. The summed E-state index contributed by atoms with van der Waals surface area (Å²) in [5.74, 6) is 0.877. The normalized spacial score (nSPS) is 10.1. The van der Waals surface area contributed by atoms with Crippen LogP contribution in [0.15, 0.2) is 36.9 Å². The zero-order valence-electron chi connectivity index (χ0n) is 8.01. The molecule has 72 valence electrons. The van der Waals surface area contributed by atoms with Crippen LogP contribution in [-0.2, 0) is 13.6 Å². The van der Waals surface area contributed by atoms with E-state index in [0.29, 0.717) is 0 Å². The number of nitrogens with zero attached hydrogens (tertiary/aromatic N) is 3. The molecular weight excluding hydrogens is 176 g/mol. The molecule has 1 N–H and O–H groups in total. The Labute approximate surface area is 82.6 Å². The van der Waals surface area contributed by atoms with Gasteiger partial charge in [-0.05, 0) is 17.7 Å². The maximum Gasteiger partial charge on any atom is 0.202 e. The SMILES string of the molecule is Cn1ccnc1NCc1ccncc1. The van der Waals surface area contributed by atoms with Gasteiger partial charge in [0, 0.05) is 38.4 Å². The molecule has 14 heavy (non-hydrogen) atoms.